The average Bonchev–Trinajstić information content (AvgIpc) is 2.01. The number of hydrogen-bond acceptors (Lipinski definition) is 0. The largest absolute Gasteiger partial charge is 0.109 e. The van der Waals surface area contributed by atoms with E-state index in [0.717, 1.165) is 0 Å². The molecule has 0 saturated carbocycles. The Bertz CT molecular complexity index is 18.1. The molecule has 0 N–H and O–H groups in total. The monoisotopic (exact) mass is 168 g/mol. The van der Waals surface area contributed by atoms with Gasteiger partial charge in [-0.2, -0.15) is 0 Å². The molecule has 0 heterocycles. The van der Waals surface area contributed by atoms with Gasteiger partial charge in [0, 0.05) is 0 Å². The molecule has 0 nitrogen and oxygen atoms in total. The first kappa shape index (κ1) is 23.2. The van der Waals surface area contributed by atoms with Crippen LogP contribution in [0.15, 0.2) is 39.5 Å². The summed E-state index contributed by atoms with van der Waals surface area (Å²) >= 11 is 9.53. The third kappa shape index (κ3) is 6560. The van der Waals surface area contributed by atoms with Crippen molar-refractivity contribution >= 4 is 23.2 Å². The summed E-state index contributed by atoms with van der Waals surface area (Å²) < 4.78 is 0. The molecule has 9 heavy (non-hydrogen) atoms. The van der Waals surface area contributed by atoms with Gasteiger partial charge in [-0.15, -0.1) is 62.7 Å². The molecule has 0 amide bonds. The third-order valence-corrected chi connectivity index (χ3v) is 0. The lowest BCUT2D eigenvalue weighted by atomic mass is 11.3. The quantitative estimate of drug-likeness (QED) is 0.382. The summed E-state index contributed by atoms with van der Waals surface area (Å²) in [6.07, 6.45) is 0. The molecule has 0 radical (unpaired) electrons. The summed E-state index contributed by atoms with van der Waals surface area (Å²) in [6.45, 7) is 18.0. The lowest BCUT2D eigenvalue weighted by molar-refractivity contribution is 2.20. The van der Waals surface area contributed by atoms with Crippen LogP contribution in [0.1, 0.15) is 0 Å². The average molecular weight is 169 g/mol. The Morgan fingerprint density at radius 2 is 0.667 bits per heavy atom. The lowest BCUT2D eigenvalue weighted by Gasteiger charge is -1.42. The number of rotatable bonds is 0. The summed E-state index contributed by atoms with van der Waals surface area (Å²) in [6, 6.07) is 0. The van der Waals surface area contributed by atoms with E-state index < -0.39 is 0 Å². The van der Waals surface area contributed by atoms with E-state index in [-0.39, 0.29) is 5.34 Å². The number of halogens is 2. The van der Waals surface area contributed by atoms with Gasteiger partial charge in [0.2, 0.25) is 0 Å². The SMILES string of the molecule is C=C.C=C.C=C.ClCCl. The molecule has 56 valence electrons. The van der Waals surface area contributed by atoms with Crippen molar-refractivity contribution in [1.29, 1.82) is 0 Å². The summed E-state index contributed by atoms with van der Waals surface area (Å²) in [4.78, 5) is 0. The molecule has 0 aromatic rings. The maximum atomic E-state index is 4.76. The molecule has 0 fully saturated rings. The zero-order chi connectivity index (χ0) is 8.71. The summed E-state index contributed by atoms with van der Waals surface area (Å²) in [5.41, 5.74) is 0. The fraction of sp³-hybridized carbons (Fsp3) is 0.143. The summed E-state index contributed by atoms with van der Waals surface area (Å²) in [7, 11) is 0. The molecule has 0 aliphatic heterocycles. The normalized spacial score (nSPS) is 3.33. The minimum Gasteiger partial charge on any atom is -0.109 e. The van der Waals surface area contributed by atoms with E-state index in [1.54, 1.807) is 0 Å². The predicted octanol–water partition coefficient (Wildman–Crippen LogP) is 3.83. The molecule has 0 atom stereocenters. The zero-order valence-electron chi connectivity index (χ0n) is 5.71. The Morgan fingerprint density at radius 1 is 0.667 bits per heavy atom. The lowest BCUT2D eigenvalue weighted by Crippen LogP contribution is -1.24. The molecule has 2 heteroatoms. The molecular formula is C7H14Cl2. The van der Waals surface area contributed by atoms with Gasteiger partial charge in [0.1, 0.15) is 0 Å². The Morgan fingerprint density at radius 3 is 0.667 bits per heavy atom. The molecule has 0 spiro atoms. The van der Waals surface area contributed by atoms with Crippen LogP contribution in [0, 0.1) is 0 Å². The minimum absolute atomic E-state index is 0.194. The fourth-order valence-corrected chi connectivity index (χ4v) is 0. The standard InChI is InChI=1S/3C2H4.CH2Cl2/c3*1-2;2-1-3/h3*1-2H2;1H2. The second kappa shape index (κ2) is 564. The molecule has 0 aliphatic rings. The van der Waals surface area contributed by atoms with Crippen molar-refractivity contribution in [3.63, 3.8) is 0 Å². The molecule has 0 rings (SSSR count). The van der Waals surface area contributed by atoms with E-state index in [0.29, 0.717) is 0 Å². The van der Waals surface area contributed by atoms with Crippen LogP contribution in [-0.2, 0) is 0 Å². The van der Waals surface area contributed by atoms with Gasteiger partial charge in [-0.1, -0.05) is 0 Å². The first-order valence-electron chi connectivity index (χ1n) is 2.03. The van der Waals surface area contributed by atoms with E-state index >= 15 is 0 Å². The Hall–Kier alpha value is -0.200. The molecule has 0 aromatic heterocycles. The van der Waals surface area contributed by atoms with Crippen molar-refractivity contribution in [2.24, 2.45) is 0 Å². The van der Waals surface area contributed by atoms with E-state index in [4.69, 9.17) is 23.2 Å². The first-order chi connectivity index (χ1) is 4.41. The Balaban J connectivity index is -0.0000000190. The van der Waals surface area contributed by atoms with E-state index in [1.807, 2.05) is 0 Å². The van der Waals surface area contributed by atoms with Gasteiger partial charge in [0.15, 0.2) is 0 Å². The van der Waals surface area contributed by atoms with Crippen molar-refractivity contribution in [1.82, 2.24) is 0 Å². The minimum atomic E-state index is 0.194. The second-order valence-corrected chi connectivity index (χ2v) is 0.909. The molecule has 0 bridgehead atoms. The van der Waals surface area contributed by atoms with Crippen LogP contribution in [0.3, 0.4) is 0 Å². The zero-order valence-corrected chi connectivity index (χ0v) is 7.22. The molecule has 0 saturated heterocycles. The van der Waals surface area contributed by atoms with Crippen LogP contribution in [0.5, 0.6) is 0 Å². The van der Waals surface area contributed by atoms with Crippen LogP contribution in [0.2, 0.25) is 0 Å². The van der Waals surface area contributed by atoms with Gasteiger partial charge < -0.3 is 0 Å². The van der Waals surface area contributed by atoms with Crippen molar-refractivity contribution in [2.45, 2.75) is 0 Å². The smallest absolute Gasteiger partial charge is 0.0967 e. The summed E-state index contributed by atoms with van der Waals surface area (Å²) in [5, 5.41) is 0.194. The maximum Gasteiger partial charge on any atom is 0.0967 e. The molecular weight excluding hydrogens is 155 g/mol. The first-order valence-corrected chi connectivity index (χ1v) is 3.10. The molecule has 0 unspecified atom stereocenters. The highest BCUT2D eigenvalue weighted by molar-refractivity contribution is 6.40. The van der Waals surface area contributed by atoms with E-state index in [2.05, 4.69) is 39.5 Å². The van der Waals surface area contributed by atoms with Gasteiger partial charge in [-0.3, -0.25) is 0 Å². The molecule has 0 aromatic carbocycles. The number of alkyl halides is 2. The van der Waals surface area contributed by atoms with Crippen LogP contribution >= 0.6 is 23.2 Å². The second-order valence-electron chi connectivity index (χ2n) is 0.101. The van der Waals surface area contributed by atoms with E-state index in [1.165, 1.54) is 0 Å². The van der Waals surface area contributed by atoms with Crippen molar-refractivity contribution < 1.29 is 0 Å². The van der Waals surface area contributed by atoms with Gasteiger partial charge in [0.25, 0.3) is 0 Å². The van der Waals surface area contributed by atoms with Crippen LogP contribution < -0.4 is 0 Å². The van der Waals surface area contributed by atoms with Gasteiger partial charge in [0.05, 0.1) is 5.34 Å². The number of hydrogen-bond donors (Lipinski definition) is 0. The Kier molecular flexibility index (Phi) is 1460. The van der Waals surface area contributed by atoms with Crippen molar-refractivity contribution in [3.8, 4) is 0 Å². The molecule has 0 aliphatic carbocycles. The topological polar surface area (TPSA) is 0 Å². The van der Waals surface area contributed by atoms with Gasteiger partial charge in [-0.25, -0.2) is 0 Å². The van der Waals surface area contributed by atoms with E-state index in [9.17, 15) is 0 Å². The van der Waals surface area contributed by atoms with Crippen LogP contribution in [-0.4, -0.2) is 5.34 Å². The summed E-state index contributed by atoms with van der Waals surface area (Å²) in [5.74, 6) is 0. The van der Waals surface area contributed by atoms with Gasteiger partial charge >= 0.3 is 0 Å². The van der Waals surface area contributed by atoms with Gasteiger partial charge in [-0.05, 0) is 0 Å². The third-order valence-electron chi connectivity index (χ3n) is 0. The fourth-order valence-electron chi connectivity index (χ4n) is 0. The highest BCUT2D eigenvalue weighted by Gasteiger charge is 1.41. The predicted molar refractivity (Wildman–Crippen MR) is 50.3 cm³/mol. The van der Waals surface area contributed by atoms with Crippen molar-refractivity contribution in [2.75, 3.05) is 5.34 Å². The highest BCUT2D eigenvalue weighted by atomic mass is 35.5. The van der Waals surface area contributed by atoms with Crippen LogP contribution in [0.25, 0.3) is 0 Å². The maximum absolute atomic E-state index is 4.76. The van der Waals surface area contributed by atoms with Crippen molar-refractivity contribution in [3.05, 3.63) is 39.5 Å². The highest BCUT2D eigenvalue weighted by Crippen LogP contribution is 1.73. The Labute approximate surface area is 68.5 Å². The van der Waals surface area contributed by atoms with Crippen LogP contribution in [0.4, 0.5) is 0 Å².